The zero-order chi connectivity index (χ0) is 11.3. The van der Waals surface area contributed by atoms with Gasteiger partial charge in [-0.25, -0.2) is 4.98 Å². The maximum absolute atomic E-state index is 10.6. The fourth-order valence-corrected chi connectivity index (χ4v) is 2.41. The molecule has 0 spiro atoms. The molecule has 0 aliphatic rings. The summed E-state index contributed by atoms with van der Waals surface area (Å²) in [5.41, 5.74) is 0.914. The first kappa shape index (κ1) is 12.1. The molecule has 1 N–H and O–H groups in total. The van der Waals surface area contributed by atoms with Gasteiger partial charge in [-0.05, 0) is 6.42 Å². The molecule has 1 heterocycles. The summed E-state index contributed by atoms with van der Waals surface area (Å²) < 4.78 is 4.98. The smallest absolute Gasteiger partial charge is 0.308 e. The van der Waals surface area contributed by atoms with E-state index in [1.807, 2.05) is 0 Å². The van der Waals surface area contributed by atoms with Crippen molar-refractivity contribution in [1.29, 1.82) is 0 Å². The second-order valence-electron chi connectivity index (χ2n) is 3.23. The molecule has 15 heavy (non-hydrogen) atoms. The van der Waals surface area contributed by atoms with Gasteiger partial charge in [-0.3, -0.25) is 4.79 Å². The van der Waals surface area contributed by atoms with Gasteiger partial charge in [0, 0.05) is 12.0 Å². The van der Waals surface area contributed by atoms with Crippen LogP contribution in [0.5, 0.6) is 0 Å². The van der Waals surface area contributed by atoms with Gasteiger partial charge >= 0.3 is 5.97 Å². The summed E-state index contributed by atoms with van der Waals surface area (Å²) in [4.78, 5) is 15.9. The number of hydrogen-bond donors (Lipinski definition) is 1. The van der Waals surface area contributed by atoms with E-state index in [0.29, 0.717) is 6.61 Å². The number of aromatic nitrogens is 1. The lowest BCUT2D eigenvalue weighted by molar-refractivity contribution is -0.136. The van der Waals surface area contributed by atoms with Crippen LogP contribution in [0.1, 0.15) is 28.9 Å². The molecule has 0 radical (unpaired) electrons. The lowest BCUT2D eigenvalue weighted by Gasteiger charge is -1.95. The number of hydrogen-bond acceptors (Lipinski definition) is 4. The minimum absolute atomic E-state index is 0.0662. The molecule has 4 nitrogen and oxygen atoms in total. The fraction of sp³-hybridized carbons (Fsp3) is 0.600. The molecule has 0 saturated heterocycles. The van der Waals surface area contributed by atoms with Crippen LogP contribution in [0.3, 0.4) is 0 Å². The molecule has 0 aliphatic heterocycles. The van der Waals surface area contributed by atoms with Crippen molar-refractivity contribution < 1.29 is 14.6 Å². The highest BCUT2D eigenvalue weighted by Crippen LogP contribution is 2.21. The number of methoxy groups -OCH3 is 1. The number of carboxylic acid groups (broad SMARTS) is 1. The Morgan fingerprint density at radius 3 is 2.87 bits per heavy atom. The standard InChI is InChI=1S/C10H15NO3S/c1-3-4-7-8(5-10(12)13)15-9(11-7)6-14-2/h3-6H2,1-2H3,(H,12,13). The lowest BCUT2D eigenvalue weighted by Crippen LogP contribution is -2.01. The lowest BCUT2D eigenvalue weighted by atomic mass is 10.2. The maximum Gasteiger partial charge on any atom is 0.308 e. The van der Waals surface area contributed by atoms with E-state index in [-0.39, 0.29) is 6.42 Å². The van der Waals surface area contributed by atoms with Crippen molar-refractivity contribution in [2.75, 3.05) is 7.11 Å². The van der Waals surface area contributed by atoms with Crippen LogP contribution >= 0.6 is 11.3 Å². The third kappa shape index (κ3) is 3.60. The Hall–Kier alpha value is -0.940. The predicted octanol–water partition coefficient (Wildman–Crippen LogP) is 1.87. The molecule has 0 atom stereocenters. The Morgan fingerprint density at radius 2 is 2.33 bits per heavy atom. The van der Waals surface area contributed by atoms with Crippen molar-refractivity contribution in [2.24, 2.45) is 0 Å². The van der Waals surface area contributed by atoms with E-state index >= 15 is 0 Å². The normalized spacial score (nSPS) is 10.5. The van der Waals surface area contributed by atoms with E-state index in [4.69, 9.17) is 9.84 Å². The summed E-state index contributed by atoms with van der Waals surface area (Å²) in [7, 11) is 1.61. The number of thiazole rings is 1. The highest BCUT2D eigenvalue weighted by Gasteiger charge is 2.13. The zero-order valence-electron chi connectivity index (χ0n) is 8.95. The SMILES string of the molecule is CCCc1nc(COC)sc1CC(=O)O. The van der Waals surface area contributed by atoms with Crippen LogP contribution in [0.4, 0.5) is 0 Å². The van der Waals surface area contributed by atoms with Crippen LogP contribution in [0, 0.1) is 0 Å². The van der Waals surface area contributed by atoms with Crippen molar-refractivity contribution in [3.05, 3.63) is 15.6 Å². The summed E-state index contributed by atoms with van der Waals surface area (Å²) in [6, 6.07) is 0. The van der Waals surface area contributed by atoms with E-state index < -0.39 is 5.97 Å². The number of rotatable bonds is 6. The van der Waals surface area contributed by atoms with Gasteiger partial charge in [0.05, 0.1) is 18.7 Å². The predicted molar refractivity (Wildman–Crippen MR) is 58.2 cm³/mol. The molecule has 0 unspecified atom stereocenters. The van der Waals surface area contributed by atoms with Crippen molar-refractivity contribution in [2.45, 2.75) is 32.8 Å². The van der Waals surface area contributed by atoms with Crippen LogP contribution in [-0.4, -0.2) is 23.2 Å². The second-order valence-corrected chi connectivity index (χ2v) is 4.40. The molecule has 0 fully saturated rings. The minimum Gasteiger partial charge on any atom is -0.481 e. The Balaban J connectivity index is 2.84. The molecule has 0 amide bonds. The van der Waals surface area contributed by atoms with E-state index in [0.717, 1.165) is 28.4 Å². The molecule has 5 heteroatoms. The average molecular weight is 229 g/mol. The Kier molecular flexibility index (Phi) is 4.71. The first-order valence-electron chi connectivity index (χ1n) is 4.85. The van der Waals surface area contributed by atoms with Crippen molar-refractivity contribution >= 4 is 17.3 Å². The summed E-state index contributed by atoms with van der Waals surface area (Å²) in [6.45, 7) is 2.51. The first-order chi connectivity index (χ1) is 7.17. The molecule has 0 saturated carbocycles. The molecule has 1 aromatic heterocycles. The Bertz CT molecular complexity index is 335. The van der Waals surface area contributed by atoms with Crippen LogP contribution in [-0.2, 0) is 29.0 Å². The van der Waals surface area contributed by atoms with Gasteiger partial charge < -0.3 is 9.84 Å². The molecule has 1 aromatic rings. The summed E-state index contributed by atoms with van der Waals surface area (Å²) >= 11 is 1.44. The van der Waals surface area contributed by atoms with E-state index in [9.17, 15) is 4.79 Å². The number of aryl methyl sites for hydroxylation is 1. The van der Waals surface area contributed by atoms with Gasteiger partial charge in [-0.15, -0.1) is 11.3 Å². The highest BCUT2D eigenvalue weighted by atomic mass is 32.1. The molecule has 0 bridgehead atoms. The highest BCUT2D eigenvalue weighted by molar-refractivity contribution is 7.11. The second kappa shape index (κ2) is 5.82. The average Bonchev–Trinajstić information content (AvgIpc) is 2.48. The van der Waals surface area contributed by atoms with Gasteiger partial charge in [0.2, 0.25) is 0 Å². The zero-order valence-corrected chi connectivity index (χ0v) is 9.76. The molecular formula is C10H15NO3S. The molecule has 0 aromatic carbocycles. The van der Waals surface area contributed by atoms with E-state index in [1.54, 1.807) is 7.11 Å². The quantitative estimate of drug-likeness (QED) is 0.809. The van der Waals surface area contributed by atoms with Crippen LogP contribution in [0.2, 0.25) is 0 Å². The molecule has 84 valence electrons. The van der Waals surface area contributed by atoms with Crippen molar-refractivity contribution in [1.82, 2.24) is 4.98 Å². The number of carbonyl (C=O) groups is 1. The summed E-state index contributed by atoms with van der Waals surface area (Å²) in [5.74, 6) is -0.806. The third-order valence-electron chi connectivity index (χ3n) is 1.89. The maximum atomic E-state index is 10.6. The number of nitrogens with zero attached hydrogens (tertiary/aromatic N) is 1. The Labute approximate surface area is 92.9 Å². The minimum atomic E-state index is -0.806. The fourth-order valence-electron chi connectivity index (χ4n) is 1.33. The number of aliphatic carboxylic acids is 1. The van der Waals surface area contributed by atoms with Crippen LogP contribution in [0.15, 0.2) is 0 Å². The largest absolute Gasteiger partial charge is 0.481 e. The first-order valence-corrected chi connectivity index (χ1v) is 5.67. The van der Waals surface area contributed by atoms with Gasteiger partial charge in [-0.2, -0.15) is 0 Å². The summed E-state index contributed by atoms with van der Waals surface area (Å²) in [5, 5.41) is 9.60. The van der Waals surface area contributed by atoms with Crippen molar-refractivity contribution in [3.63, 3.8) is 0 Å². The molecular weight excluding hydrogens is 214 g/mol. The van der Waals surface area contributed by atoms with Crippen LogP contribution in [0.25, 0.3) is 0 Å². The van der Waals surface area contributed by atoms with E-state index in [2.05, 4.69) is 11.9 Å². The monoisotopic (exact) mass is 229 g/mol. The molecule has 0 aliphatic carbocycles. The van der Waals surface area contributed by atoms with Gasteiger partial charge in [0.25, 0.3) is 0 Å². The summed E-state index contributed by atoms with van der Waals surface area (Å²) in [6.07, 6.45) is 1.88. The molecule has 1 rings (SSSR count). The van der Waals surface area contributed by atoms with Gasteiger partial charge in [0.1, 0.15) is 5.01 Å². The van der Waals surface area contributed by atoms with Gasteiger partial charge in [-0.1, -0.05) is 13.3 Å². The Morgan fingerprint density at radius 1 is 1.60 bits per heavy atom. The number of carboxylic acids is 1. The topological polar surface area (TPSA) is 59.4 Å². The number of ether oxygens (including phenoxy) is 1. The third-order valence-corrected chi connectivity index (χ3v) is 2.96. The van der Waals surface area contributed by atoms with Crippen molar-refractivity contribution in [3.8, 4) is 0 Å². The van der Waals surface area contributed by atoms with Crippen LogP contribution < -0.4 is 0 Å². The van der Waals surface area contributed by atoms with E-state index in [1.165, 1.54) is 11.3 Å². The van der Waals surface area contributed by atoms with Gasteiger partial charge in [0.15, 0.2) is 0 Å².